The van der Waals surface area contributed by atoms with Crippen molar-refractivity contribution in [1.82, 2.24) is 4.90 Å². The number of likely N-dealkylation sites (tertiary alicyclic amines) is 1. The van der Waals surface area contributed by atoms with E-state index in [0.29, 0.717) is 6.04 Å². The highest BCUT2D eigenvalue weighted by atomic mass is 32.1. The van der Waals surface area contributed by atoms with Crippen molar-refractivity contribution >= 4 is 25.1 Å². The summed E-state index contributed by atoms with van der Waals surface area (Å²) in [5.74, 6) is 1.74. The molecule has 1 heterocycles. The molecular formula is C14H26BNS. The molecule has 0 amide bonds. The Bertz CT molecular complexity index is 279. The van der Waals surface area contributed by atoms with Gasteiger partial charge in [0.1, 0.15) is 7.85 Å². The highest BCUT2D eigenvalue weighted by molar-refractivity contribution is 7.80. The lowest BCUT2D eigenvalue weighted by Crippen LogP contribution is -2.39. The minimum Gasteiger partial charge on any atom is -0.360 e. The molecule has 1 aliphatic carbocycles. The third kappa shape index (κ3) is 3.04. The van der Waals surface area contributed by atoms with E-state index in [0.717, 1.165) is 17.8 Å². The van der Waals surface area contributed by atoms with Gasteiger partial charge in [0.2, 0.25) is 0 Å². The van der Waals surface area contributed by atoms with Gasteiger partial charge in [0, 0.05) is 18.5 Å². The Labute approximate surface area is 113 Å². The lowest BCUT2D eigenvalue weighted by molar-refractivity contribution is 0.218. The molecule has 0 bridgehead atoms. The molecule has 3 heteroatoms. The van der Waals surface area contributed by atoms with E-state index < -0.39 is 0 Å². The van der Waals surface area contributed by atoms with Crippen LogP contribution in [0.3, 0.4) is 0 Å². The molecule has 96 valence electrons. The minimum absolute atomic E-state index is 0.591. The van der Waals surface area contributed by atoms with Crippen molar-refractivity contribution in [2.75, 3.05) is 0 Å². The number of fused-ring (bicyclic) bond motifs is 1. The summed E-state index contributed by atoms with van der Waals surface area (Å²) in [5.41, 5.74) is 0. The molecule has 3 atom stereocenters. The molecular weight excluding hydrogens is 225 g/mol. The first-order valence-corrected chi connectivity index (χ1v) is 7.81. The van der Waals surface area contributed by atoms with E-state index in [2.05, 4.69) is 26.6 Å². The SMILES string of the molecule is BC1CCCCCC2C(CC(=S)N2C(C)C)C1. The number of hydrogen-bond acceptors (Lipinski definition) is 1. The fourth-order valence-corrected chi connectivity index (χ4v) is 4.38. The predicted molar refractivity (Wildman–Crippen MR) is 81.5 cm³/mol. The lowest BCUT2D eigenvalue weighted by atomic mass is 9.75. The zero-order valence-corrected chi connectivity index (χ0v) is 12.4. The predicted octanol–water partition coefficient (Wildman–Crippen LogP) is 3.19. The van der Waals surface area contributed by atoms with E-state index in [1.807, 2.05) is 0 Å². The van der Waals surface area contributed by atoms with Crippen LogP contribution in [0.2, 0.25) is 5.82 Å². The molecule has 2 fully saturated rings. The summed E-state index contributed by atoms with van der Waals surface area (Å²) in [5, 5.41) is 0. The van der Waals surface area contributed by atoms with Gasteiger partial charge in [0.15, 0.2) is 0 Å². The zero-order valence-electron chi connectivity index (χ0n) is 11.6. The van der Waals surface area contributed by atoms with Crippen LogP contribution < -0.4 is 0 Å². The number of thiocarbonyl (C=S) groups is 1. The number of hydrogen-bond donors (Lipinski definition) is 0. The molecule has 0 aromatic carbocycles. The molecule has 0 radical (unpaired) electrons. The zero-order chi connectivity index (χ0) is 12.4. The van der Waals surface area contributed by atoms with Crippen molar-refractivity contribution in [3.8, 4) is 0 Å². The van der Waals surface area contributed by atoms with Crippen LogP contribution in [0.4, 0.5) is 0 Å². The van der Waals surface area contributed by atoms with Crippen molar-refractivity contribution < 1.29 is 0 Å². The lowest BCUT2D eigenvalue weighted by Gasteiger charge is -2.33. The van der Waals surface area contributed by atoms with Gasteiger partial charge in [0.25, 0.3) is 0 Å². The Morgan fingerprint density at radius 2 is 1.94 bits per heavy atom. The molecule has 17 heavy (non-hydrogen) atoms. The van der Waals surface area contributed by atoms with Crippen LogP contribution in [0.1, 0.15) is 58.8 Å². The largest absolute Gasteiger partial charge is 0.360 e. The Hall–Kier alpha value is -0.0451. The Kier molecular flexibility index (Phi) is 4.51. The molecule has 0 spiro atoms. The topological polar surface area (TPSA) is 3.24 Å². The molecule has 2 rings (SSSR count). The van der Waals surface area contributed by atoms with Crippen LogP contribution in [0.15, 0.2) is 0 Å². The average Bonchev–Trinajstić information content (AvgIpc) is 2.56. The maximum absolute atomic E-state index is 5.62. The maximum atomic E-state index is 5.62. The molecule has 3 unspecified atom stereocenters. The Morgan fingerprint density at radius 1 is 1.24 bits per heavy atom. The normalized spacial score (nSPS) is 35.4. The van der Waals surface area contributed by atoms with E-state index in [9.17, 15) is 0 Å². The van der Waals surface area contributed by atoms with Crippen molar-refractivity contribution in [2.45, 2.75) is 76.7 Å². The molecule has 1 nitrogen and oxygen atoms in total. The van der Waals surface area contributed by atoms with Crippen LogP contribution in [-0.4, -0.2) is 29.8 Å². The summed E-state index contributed by atoms with van der Waals surface area (Å²) in [6.45, 7) is 4.59. The highest BCUT2D eigenvalue weighted by Gasteiger charge is 2.38. The van der Waals surface area contributed by atoms with Gasteiger partial charge in [-0.15, -0.1) is 0 Å². The van der Waals surface area contributed by atoms with Gasteiger partial charge >= 0.3 is 0 Å². The standard InChI is InChI=1S/C14H26BNS/c1-10(2)16-13-7-5-3-4-6-12(15)8-11(13)9-14(16)17/h10-13H,3-9,15H2,1-2H3. The number of rotatable bonds is 1. The van der Waals surface area contributed by atoms with E-state index in [-0.39, 0.29) is 0 Å². The summed E-state index contributed by atoms with van der Waals surface area (Å²) in [6, 6.07) is 1.34. The summed E-state index contributed by atoms with van der Waals surface area (Å²) in [6.07, 6.45) is 9.64. The van der Waals surface area contributed by atoms with Gasteiger partial charge in [-0.2, -0.15) is 0 Å². The van der Waals surface area contributed by atoms with Gasteiger partial charge < -0.3 is 4.90 Å². The van der Waals surface area contributed by atoms with Gasteiger partial charge in [-0.1, -0.05) is 50.1 Å². The molecule has 1 aliphatic heterocycles. The van der Waals surface area contributed by atoms with Gasteiger partial charge in [-0.3, -0.25) is 0 Å². The van der Waals surface area contributed by atoms with Gasteiger partial charge in [-0.25, -0.2) is 0 Å². The highest BCUT2D eigenvalue weighted by Crippen LogP contribution is 2.38. The summed E-state index contributed by atoms with van der Waals surface area (Å²) < 4.78 is 0. The maximum Gasteiger partial charge on any atom is 0.105 e. The molecule has 1 saturated carbocycles. The third-order valence-electron chi connectivity index (χ3n) is 4.58. The van der Waals surface area contributed by atoms with Crippen molar-refractivity contribution in [3.63, 3.8) is 0 Å². The molecule has 1 saturated heterocycles. The molecule has 0 aromatic heterocycles. The second-order valence-electron chi connectivity index (χ2n) is 6.41. The third-order valence-corrected chi connectivity index (χ3v) is 4.96. The fourth-order valence-electron chi connectivity index (χ4n) is 3.82. The van der Waals surface area contributed by atoms with E-state index >= 15 is 0 Å². The first-order chi connectivity index (χ1) is 8.09. The first-order valence-electron chi connectivity index (χ1n) is 7.40. The van der Waals surface area contributed by atoms with E-state index in [1.165, 1.54) is 49.9 Å². The smallest absolute Gasteiger partial charge is 0.105 e. The van der Waals surface area contributed by atoms with Crippen molar-refractivity contribution in [3.05, 3.63) is 0 Å². The van der Waals surface area contributed by atoms with E-state index in [1.54, 1.807) is 0 Å². The molecule has 2 aliphatic rings. The minimum atomic E-state index is 0.591. The van der Waals surface area contributed by atoms with Crippen molar-refractivity contribution in [2.24, 2.45) is 5.92 Å². The summed E-state index contributed by atoms with van der Waals surface area (Å²) in [4.78, 5) is 3.79. The van der Waals surface area contributed by atoms with Crippen LogP contribution >= 0.6 is 12.2 Å². The van der Waals surface area contributed by atoms with Gasteiger partial charge in [-0.05, 0) is 26.2 Å². The number of nitrogens with zero attached hydrogens (tertiary/aromatic N) is 1. The monoisotopic (exact) mass is 251 g/mol. The first kappa shape index (κ1) is 13.4. The van der Waals surface area contributed by atoms with Crippen LogP contribution in [-0.2, 0) is 0 Å². The fraction of sp³-hybridized carbons (Fsp3) is 0.929. The Balaban J connectivity index is 2.12. The Morgan fingerprint density at radius 3 is 2.65 bits per heavy atom. The molecule has 0 aromatic rings. The average molecular weight is 251 g/mol. The second kappa shape index (κ2) is 5.73. The van der Waals surface area contributed by atoms with Crippen LogP contribution in [0.25, 0.3) is 0 Å². The van der Waals surface area contributed by atoms with Gasteiger partial charge in [0.05, 0.1) is 4.99 Å². The van der Waals surface area contributed by atoms with E-state index in [4.69, 9.17) is 12.2 Å². The molecule has 0 N–H and O–H groups in total. The summed E-state index contributed by atoms with van der Waals surface area (Å²) >= 11 is 5.62. The van der Waals surface area contributed by atoms with Crippen molar-refractivity contribution in [1.29, 1.82) is 0 Å². The van der Waals surface area contributed by atoms with Crippen LogP contribution in [0.5, 0.6) is 0 Å². The van der Waals surface area contributed by atoms with Crippen LogP contribution in [0, 0.1) is 5.92 Å². The second-order valence-corrected chi connectivity index (χ2v) is 6.88. The quantitative estimate of drug-likeness (QED) is 0.520. The summed E-state index contributed by atoms with van der Waals surface area (Å²) in [7, 11) is 2.43.